The quantitative estimate of drug-likeness (QED) is 0.818. The molecule has 0 saturated heterocycles. The monoisotopic (exact) mass is 207 g/mol. The van der Waals surface area contributed by atoms with Gasteiger partial charge in [-0.05, 0) is 19.1 Å². The summed E-state index contributed by atoms with van der Waals surface area (Å²) in [6.07, 6.45) is 0.815. The predicted molar refractivity (Wildman–Crippen MR) is 60.4 cm³/mol. The van der Waals surface area contributed by atoms with Crippen molar-refractivity contribution in [2.24, 2.45) is 0 Å². The van der Waals surface area contributed by atoms with Crippen molar-refractivity contribution in [2.45, 2.75) is 19.4 Å². The van der Waals surface area contributed by atoms with E-state index in [0.717, 1.165) is 24.5 Å². The van der Waals surface area contributed by atoms with E-state index in [0.29, 0.717) is 6.42 Å². The number of anilines is 1. The summed E-state index contributed by atoms with van der Waals surface area (Å²) in [6.45, 7) is 4.17. The molecule has 1 heterocycles. The van der Waals surface area contributed by atoms with Crippen LogP contribution in [0.2, 0.25) is 0 Å². The highest BCUT2D eigenvalue weighted by molar-refractivity contribution is 5.59. The number of fused-ring (bicyclic) bond motifs is 1. The molecule has 82 valence electrons. The fraction of sp³-hybridized carbons (Fsp3) is 0.500. The van der Waals surface area contributed by atoms with Gasteiger partial charge >= 0.3 is 0 Å². The molecule has 0 amide bonds. The third-order valence-corrected chi connectivity index (χ3v) is 2.76. The van der Waals surface area contributed by atoms with Crippen molar-refractivity contribution in [3.63, 3.8) is 0 Å². The zero-order valence-electron chi connectivity index (χ0n) is 9.02. The van der Waals surface area contributed by atoms with Crippen LogP contribution >= 0.6 is 0 Å². The van der Waals surface area contributed by atoms with Gasteiger partial charge in [0.1, 0.15) is 11.9 Å². The molecular weight excluding hydrogens is 190 g/mol. The number of benzene rings is 1. The van der Waals surface area contributed by atoms with Gasteiger partial charge in [0.05, 0.1) is 12.2 Å². The van der Waals surface area contributed by atoms with Gasteiger partial charge in [-0.25, -0.2) is 0 Å². The lowest BCUT2D eigenvalue weighted by Gasteiger charge is -2.35. The van der Waals surface area contributed by atoms with Crippen LogP contribution in [0.5, 0.6) is 5.75 Å². The molecule has 3 nitrogen and oxygen atoms in total. The van der Waals surface area contributed by atoms with Crippen molar-refractivity contribution in [1.82, 2.24) is 0 Å². The minimum absolute atomic E-state index is 0.116. The van der Waals surface area contributed by atoms with Gasteiger partial charge in [-0.3, -0.25) is 0 Å². The zero-order valence-corrected chi connectivity index (χ0v) is 9.02. The van der Waals surface area contributed by atoms with Gasteiger partial charge in [-0.2, -0.15) is 0 Å². The van der Waals surface area contributed by atoms with Crippen LogP contribution in [0, 0.1) is 0 Å². The molecule has 0 bridgehead atoms. The number of aliphatic hydroxyl groups is 1. The smallest absolute Gasteiger partial charge is 0.143 e. The maximum Gasteiger partial charge on any atom is 0.143 e. The molecule has 3 heteroatoms. The zero-order chi connectivity index (χ0) is 10.7. The third-order valence-electron chi connectivity index (χ3n) is 2.76. The second-order valence-corrected chi connectivity index (χ2v) is 3.76. The molecule has 0 spiro atoms. The molecule has 1 atom stereocenters. The standard InChI is InChI=1S/C12H17NO2/c1-2-13-9-10(7-8-14)15-12-6-4-3-5-11(12)13/h3-6,10,14H,2,7-9H2,1H3. The van der Waals surface area contributed by atoms with Crippen molar-refractivity contribution in [2.75, 3.05) is 24.6 Å². The second kappa shape index (κ2) is 4.53. The highest BCUT2D eigenvalue weighted by atomic mass is 16.5. The first-order chi connectivity index (χ1) is 7.35. The Bertz CT molecular complexity index is 327. The Balaban J connectivity index is 2.22. The summed E-state index contributed by atoms with van der Waals surface area (Å²) in [4.78, 5) is 2.29. The number of para-hydroxylation sites is 2. The first kappa shape index (κ1) is 10.3. The lowest BCUT2D eigenvalue weighted by atomic mass is 10.1. The molecule has 15 heavy (non-hydrogen) atoms. The normalized spacial score (nSPS) is 19.6. The summed E-state index contributed by atoms with van der Waals surface area (Å²) in [6, 6.07) is 8.07. The minimum Gasteiger partial charge on any atom is -0.486 e. The molecule has 1 N–H and O–H groups in total. The largest absolute Gasteiger partial charge is 0.486 e. The number of hydrogen-bond donors (Lipinski definition) is 1. The Morgan fingerprint density at radius 3 is 3.00 bits per heavy atom. The summed E-state index contributed by atoms with van der Waals surface area (Å²) in [5, 5.41) is 8.93. The van der Waals surface area contributed by atoms with E-state index in [9.17, 15) is 0 Å². The Labute approximate surface area is 90.3 Å². The highest BCUT2D eigenvalue weighted by Gasteiger charge is 2.23. The Morgan fingerprint density at radius 2 is 2.27 bits per heavy atom. The Hall–Kier alpha value is -1.22. The fourth-order valence-electron chi connectivity index (χ4n) is 1.97. The second-order valence-electron chi connectivity index (χ2n) is 3.76. The topological polar surface area (TPSA) is 32.7 Å². The van der Waals surface area contributed by atoms with E-state index in [1.807, 2.05) is 18.2 Å². The van der Waals surface area contributed by atoms with Crippen LogP contribution in [0.25, 0.3) is 0 Å². The van der Waals surface area contributed by atoms with Crippen molar-refractivity contribution < 1.29 is 9.84 Å². The lowest BCUT2D eigenvalue weighted by molar-refractivity contribution is 0.149. The Morgan fingerprint density at radius 1 is 1.47 bits per heavy atom. The van der Waals surface area contributed by atoms with Crippen LogP contribution in [-0.4, -0.2) is 30.9 Å². The van der Waals surface area contributed by atoms with Gasteiger partial charge in [-0.1, -0.05) is 12.1 Å². The fourth-order valence-corrected chi connectivity index (χ4v) is 1.97. The summed E-state index contributed by atoms with van der Waals surface area (Å²) in [5.41, 5.74) is 1.16. The first-order valence-corrected chi connectivity index (χ1v) is 5.46. The average Bonchev–Trinajstić information content (AvgIpc) is 2.28. The maximum absolute atomic E-state index is 8.93. The highest BCUT2D eigenvalue weighted by Crippen LogP contribution is 2.33. The van der Waals surface area contributed by atoms with Crippen molar-refractivity contribution in [3.05, 3.63) is 24.3 Å². The van der Waals surface area contributed by atoms with E-state index in [1.54, 1.807) is 0 Å². The van der Waals surface area contributed by atoms with Crippen molar-refractivity contribution in [1.29, 1.82) is 0 Å². The number of ether oxygens (including phenoxy) is 1. The first-order valence-electron chi connectivity index (χ1n) is 5.46. The van der Waals surface area contributed by atoms with Crippen molar-refractivity contribution >= 4 is 5.69 Å². The number of rotatable bonds is 3. The minimum atomic E-state index is 0.116. The predicted octanol–water partition coefficient (Wildman–Crippen LogP) is 1.66. The number of nitrogens with zero attached hydrogens (tertiary/aromatic N) is 1. The number of likely N-dealkylation sites (N-methyl/N-ethyl adjacent to an activating group) is 1. The number of hydrogen-bond acceptors (Lipinski definition) is 3. The van der Waals surface area contributed by atoms with Crippen LogP contribution in [0.15, 0.2) is 24.3 Å². The summed E-state index contributed by atoms with van der Waals surface area (Å²) < 4.78 is 5.80. The summed E-state index contributed by atoms with van der Waals surface area (Å²) in [5.74, 6) is 0.934. The average molecular weight is 207 g/mol. The van der Waals surface area contributed by atoms with Gasteiger partial charge in [0.25, 0.3) is 0 Å². The molecule has 0 fully saturated rings. The van der Waals surface area contributed by atoms with Gasteiger partial charge in [0, 0.05) is 19.6 Å². The van der Waals surface area contributed by atoms with Gasteiger partial charge < -0.3 is 14.7 Å². The maximum atomic E-state index is 8.93. The van der Waals surface area contributed by atoms with E-state index in [1.165, 1.54) is 0 Å². The van der Waals surface area contributed by atoms with Gasteiger partial charge in [-0.15, -0.1) is 0 Å². The third kappa shape index (κ3) is 2.07. The Kier molecular flexibility index (Phi) is 3.11. The molecule has 0 aromatic heterocycles. The summed E-state index contributed by atoms with van der Waals surface area (Å²) in [7, 11) is 0. The molecule has 0 aliphatic carbocycles. The summed E-state index contributed by atoms with van der Waals surface area (Å²) >= 11 is 0. The SMILES string of the molecule is CCN1CC(CCO)Oc2ccccc21. The van der Waals surface area contributed by atoms with Crippen LogP contribution < -0.4 is 9.64 Å². The lowest BCUT2D eigenvalue weighted by Crippen LogP contribution is -2.40. The van der Waals surface area contributed by atoms with Crippen LogP contribution in [-0.2, 0) is 0 Å². The molecular formula is C12H17NO2. The van der Waals surface area contributed by atoms with Gasteiger partial charge in [0.15, 0.2) is 0 Å². The molecule has 0 radical (unpaired) electrons. The molecule has 1 aliphatic heterocycles. The number of aliphatic hydroxyl groups excluding tert-OH is 1. The molecule has 1 aromatic carbocycles. The van der Waals surface area contributed by atoms with Gasteiger partial charge in [0.2, 0.25) is 0 Å². The van der Waals surface area contributed by atoms with Crippen molar-refractivity contribution in [3.8, 4) is 5.75 Å². The van der Waals surface area contributed by atoms with Crippen LogP contribution in [0.3, 0.4) is 0 Å². The molecule has 1 aromatic rings. The molecule has 0 saturated carbocycles. The van der Waals surface area contributed by atoms with E-state index in [4.69, 9.17) is 9.84 Å². The molecule has 1 unspecified atom stereocenters. The van der Waals surface area contributed by atoms with E-state index >= 15 is 0 Å². The molecule has 2 rings (SSSR count). The molecule has 1 aliphatic rings. The van der Waals surface area contributed by atoms with Crippen LogP contribution in [0.1, 0.15) is 13.3 Å². The van der Waals surface area contributed by atoms with E-state index in [2.05, 4.69) is 17.9 Å². The van der Waals surface area contributed by atoms with E-state index in [-0.39, 0.29) is 12.7 Å². The van der Waals surface area contributed by atoms with Crippen LogP contribution in [0.4, 0.5) is 5.69 Å². The van der Waals surface area contributed by atoms with E-state index < -0.39 is 0 Å².